The van der Waals surface area contributed by atoms with Gasteiger partial charge in [-0.05, 0) is 0 Å². The summed E-state index contributed by atoms with van der Waals surface area (Å²) < 4.78 is 7.17. The molecule has 2 atom stereocenters. The van der Waals surface area contributed by atoms with E-state index in [2.05, 4.69) is 9.41 Å². The predicted octanol–water partition coefficient (Wildman–Crippen LogP) is -0.492. The standard InChI is InChI=1S/C2HO3/c3-1-2(3)4-5(1)2/h1H/q+1/t1-,2-/m1/s1. The van der Waals surface area contributed by atoms with Crippen LogP contribution in [0.5, 0.6) is 0 Å². The lowest BCUT2D eigenvalue weighted by atomic mass is 10.9. The largest absolute Gasteiger partial charge is 0.615 e. The molecule has 0 aromatic carbocycles. The van der Waals surface area contributed by atoms with Gasteiger partial charge < -0.3 is 0 Å². The maximum absolute atomic E-state index is 4.73. The summed E-state index contributed by atoms with van der Waals surface area (Å²) in [7, 11) is 0. The second-order valence-corrected chi connectivity index (χ2v) is 1.43. The molecule has 3 heterocycles. The SMILES string of the molecule is O1[C@@H]2[O+]3O[C@]123. The quantitative estimate of drug-likeness (QED) is 0.220. The van der Waals surface area contributed by atoms with Gasteiger partial charge in [0.05, 0.1) is 0 Å². The highest BCUT2D eigenvalue weighted by molar-refractivity contribution is 5.06. The maximum atomic E-state index is 4.73. The van der Waals surface area contributed by atoms with E-state index in [1.165, 1.54) is 0 Å². The molecule has 0 aromatic heterocycles. The number of ether oxygens (including phenoxy) is 1. The lowest BCUT2D eigenvalue weighted by molar-refractivity contribution is -0.183. The van der Waals surface area contributed by atoms with Crippen LogP contribution in [0.25, 0.3) is 0 Å². The summed E-state index contributed by atoms with van der Waals surface area (Å²) in [5.74, 6) is -0.167. The van der Waals surface area contributed by atoms with Crippen molar-refractivity contribution in [3.05, 3.63) is 0 Å². The number of epoxide rings is 2. The minimum absolute atomic E-state index is 0.167. The third-order valence-corrected chi connectivity index (χ3v) is 1.10. The Morgan fingerprint density at radius 1 is 1.80 bits per heavy atom. The molecule has 3 nitrogen and oxygen atoms in total. The van der Waals surface area contributed by atoms with E-state index < -0.39 is 0 Å². The molecule has 0 bridgehead atoms. The zero-order valence-corrected chi connectivity index (χ0v) is 2.30. The van der Waals surface area contributed by atoms with Crippen LogP contribution in [0.15, 0.2) is 0 Å². The van der Waals surface area contributed by atoms with E-state index >= 15 is 0 Å². The summed E-state index contributed by atoms with van der Waals surface area (Å²) in [5, 5.41) is 0. The van der Waals surface area contributed by atoms with Gasteiger partial charge in [-0.1, -0.05) is 0 Å². The molecule has 3 heteroatoms. The number of fused-ring (bicyclic) bond motifs is 1. The third-order valence-electron chi connectivity index (χ3n) is 1.10. The topological polar surface area (TPSA) is 27.8 Å². The molecule has 3 fully saturated rings. The molecule has 5 heavy (non-hydrogen) atoms. The van der Waals surface area contributed by atoms with Crippen LogP contribution in [0.4, 0.5) is 0 Å². The Labute approximate surface area is 27.7 Å². The molecule has 3 aliphatic rings. The lowest BCUT2D eigenvalue weighted by Gasteiger charge is -1.55. The molecule has 0 amide bonds. The van der Waals surface area contributed by atoms with Crippen molar-refractivity contribution < 1.29 is 14.1 Å². The Bertz CT molecular complexity index is 95.5. The fourth-order valence-electron chi connectivity index (χ4n) is 0.525. The molecule has 0 N–H and O–H groups in total. The summed E-state index contributed by atoms with van der Waals surface area (Å²) in [6.45, 7) is 0. The zero-order chi connectivity index (χ0) is 3.07. The molecule has 0 saturated carbocycles. The van der Waals surface area contributed by atoms with Gasteiger partial charge in [-0.25, -0.2) is 0 Å². The molecule has 3 rings (SSSR count). The van der Waals surface area contributed by atoms with E-state index in [4.69, 9.17) is 4.74 Å². The van der Waals surface area contributed by atoms with Gasteiger partial charge in [0.1, 0.15) is 0 Å². The molecule has 3 saturated heterocycles. The van der Waals surface area contributed by atoms with E-state index in [0.29, 0.717) is 6.29 Å². The fraction of sp³-hybridized carbons (Fsp3) is 1.00. The van der Waals surface area contributed by atoms with Crippen molar-refractivity contribution in [1.82, 2.24) is 0 Å². The van der Waals surface area contributed by atoms with Crippen molar-refractivity contribution in [2.24, 2.45) is 0 Å². The van der Waals surface area contributed by atoms with Gasteiger partial charge in [-0.3, -0.25) is 0 Å². The smallest absolute Gasteiger partial charge is 0.177 e. The normalized spacial score (nSPS) is 80.4. The average Bonchev–Trinajstić information content (AvgIpc) is 2.04. The van der Waals surface area contributed by atoms with Gasteiger partial charge in [-0.2, -0.15) is 4.74 Å². The molecule has 1 spiro atoms. The predicted molar refractivity (Wildman–Crippen MR) is 9.77 cm³/mol. The van der Waals surface area contributed by atoms with Crippen molar-refractivity contribution >= 4 is 0 Å². The first-order valence-electron chi connectivity index (χ1n) is 1.54. The van der Waals surface area contributed by atoms with Gasteiger partial charge in [0.2, 0.25) is 0 Å². The Kier molecular flexibility index (Phi) is 0.0519. The van der Waals surface area contributed by atoms with Crippen molar-refractivity contribution in [3.8, 4) is 0 Å². The first-order chi connectivity index (χ1) is 2.43. The maximum Gasteiger partial charge on any atom is 0.615 e. The van der Waals surface area contributed by atoms with Crippen LogP contribution in [-0.2, 0) is 14.1 Å². The second kappa shape index (κ2) is 0.167. The highest BCUT2D eigenvalue weighted by Crippen LogP contribution is 2.80. The minimum atomic E-state index is -0.167. The molecule has 0 aromatic rings. The summed E-state index contributed by atoms with van der Waals surface area (Å²) in [6.07, 6.45) is 0.322. The molecule has 0 radical (unpaired) electrons. The van der Waals surface area contributed by atoms with Crippen LogP contribution in [0.3, 0.4) is 0 Å². The number of hydrogen-bond donors (Lipinski definition) is 0. The van der Waals surface area contributed by atoms with Gasteiger partial charge in [0.15, 0.2) is 0 Å². The van der Waals surface area contributed by atoms with E-state index in [1.54, 1.807) is 0 Å². The minimum Gasteiger partial charge on any atom is -0.177 e. The van der Waals surface area contributed by atoms with Gasteiger partial charge in [-0.15, -0.1) is 4.52 Å². The first kappa shape index (κ1) is 1.55. The summed E-state index contributed by atoms with van der Waals surface area (Å²) in [4.78, 5) is 4.59. The van der Waals surface area contributed by atoms with Crippen LogP contribution >= 0.6 is 0 Å². The van der Waals surface area contributed by atoms with Gasteiger partial charge >= 0.3 is 12.3 Å². The van der Waals surface area contributed by atoms with Crippen LogP contribution in [0, 0.1) is 0 Å². The van der Waals surface area contributed by atoms with E-state index in [0.717, 1.165) is 0 Å². The van der Waals surface area contributed by atoms with Crippen molar-refractivity contribution in [3.63, 3.8) is 0 Å². The van der Waals surface area contributed by atoms with Crippen molar-refractivity contribution in [2.75, 3.05) is 0 Å². The first-order valence-corrected chi connectivity index (χ1v) is 1.54. The monoisotopic (exact) mass is 73.0 g/mol. The Balaban J connectivity index is 2.49. The van der Waals surface area contributed by atoms with Crippen LogP contribution < -0.4 is 0 Å². The van der Waals surface area contributed by atoms with E-state index in [-0.39, 0.29) is 5.97 Å². The highest BCUT2D eigenvalue weighted by Gasteiger charge is 3.21. The molecule has 3 aliphatic heterocycles. The third kappa shape index (κ3) is 0.0347. The molecular formula is C2HO3+. The van der Waals surface area contributed by atoms with Crippen LogP contribution in [0.1, 0.15) is 0 Å². The van der Waals surface area contributed by atoms with Gasteiger partial charge in [0, 0.05) is 4.89 Å². The molecule has 26 valence electrons. The molecular weight excluding hydrogens is 72.0 g/mol. The number of hydrogen-bond acceptors (Lipinski definition) is 2. The van der Waals surface area contributed by atoms with Crippen LogP contribution in [0.2, 0.25) is 0 Å². The van der Waals surface area contributed by atoms with Crippen LogP contribution in [-0.4, -0.2) is 12.3 Å². The Morgan fingerprint density at radius 3 is 2.40 bits per heavy atom. The summed E-state index contributed by atoms with van der Waals surface area (Å²) in [5.41, 5.74) is 0. The number of rotatable bonds is 0. The average molecular weight is 73.0 g/mol. The fourth-order valence-corrected chi connectivity index (χ4v) is 0.525. The highest BCUT2D eigenvalue weighted by atomic mass is 17.7. The van der Waals surface area contributed by atoms with E-state index in [1.807, 2.05) is 0 Å². The van der Waals surface area contributed by atoms with Gasteiger partial charge in [0.25, 0.3) is 0 Å². The van der Waals surface area contributed by atoms with Crippen molar-refractivity contribution in [2.45, 2.75) is 12.3 Å². The van der Waals surface area contributed by atoms with Crippen molar-refractivity contribution in [1.29, 1.82) is 0 Å². The lowest BCUT2D eigenvalue weighted by Crippen LogP contribution is -1.74. The summed E-state index contributed by atoms with van der Waals surface area (Å²) in [6, 6.07) is 0. The Hall–Kier alpha value is -0.120. The summed E-state index contributed by atoms with van der Waals surface area (Å²) >= 11 is 0. The molecule has 0 unspecified atom stereocenters. The molecule has 0 aliphatic carbocycles. The van der Waals surface area contributed by atoms with E-state index in [9.17, 15) is 0 Å². The second-order valence-electron chi connectivity index (χ2n) is 1.43. The Morgan fingerprint density at radius 2 is 2.40 bits per heavy atom. The zero-order valence-electron chi connectivity index (χ0n) is 2.30.